The van der Waals surface area contributed by atoms with E-state index in [2.05, 4.69) is 77.4 Å². The minimum absolute atomic E-state index is 0.530. The molecule has 0 unspecified atom stereocenters. The molecule has 0 atom stereocenters. The predicted molar refractivity (Wildman–Crippen MR) is 168 cm³/mol. The van der Waals surface area contributed by atoms with Gasteiger partial charge in [-0.05, 0) is 54.8 Å². The molecule has 0 radical (unpaired) electrons. The summed E-state index contributed by atoms with van der Waals surface area (Å²) >= 11 is 0. The van der Waals surface area contributed by atoms with Crippen LogP contribution in [0.4, 0.5) is 0 Å². The minimum Gasteiger partial charge on any atom is -0.456 e. The first-order chi connectivity index (χ1) is 20.8. The van der Waals surface area contributed by atoms with Gasteiger partial charge in [0.05, 0.1) is 16.4 Å². The van der Waals surface area contributed by atoms with Crippen molar-refractivity contribution in [3.05, 3.63) is 114 Å². The van der Waals surface area contributed by atoms with E-state index >= 15 is 0 Å². The molecule has 9 aromatic rings. The Balaban J connectivity index is 1.35. The number of oxazole rings is 1. The van der Waals surface area contributed by atoms with Crippen LogP contribution in [0.3, 0.4) is 0 Å². The molecule has 0 fully saturated rings. The monoisotopic (exact) mass is 542 g/mol. The molecule has 1 aliphatic carbocycles. The van der Waals surface area contributed by atoms with Crippen LogP contribution in [0.2, 0.25) is 0 Å². The lowest BCUT2D eigenvalue weighted by Crippen LogP contribution is -1.94. The van der Waals surface area contributed by atoms with E-state index in [1.165, 1.54) is 5.56 Å². The van der Waals surface area contributed by atoms with Crippen LogP contribution in [0, 0.1) is 0 Å². The maximum atomic E-state index is 6.82. The Hall–Kier alpha value is -5.55. The first kappa shape index (κ1) is 22.2. The van der Waals surface area contributed by atoms with Crippen molar-refractivity contribution in [3.63, 3.8) is 0 Å². The number of rotatable bonds is 2. The summed E-state index contributed by atoms with van der Waals surface area (Å²) in [5.41, 5.74) is 9.43. The van der Waals surface area contributed by atoms with Gasteiger partial charge in [0, 0.05) is 32.7 Å². The number of nitrogens with zero attached hydrogens (tertiary/aromatic N) is 2. The molecule has 0 saturated heterocycles. The van der Waals surface area contributed by atoms with Crippen LogP contribution >= 0.6 is 0 Å². The number of benzene rings is 5. The van der Waals surface area contributed by atoms with Gasteiger partial charge < -0.3 is 13.3 Å². The Morgan fingerprint density at radius 3 is 2.40 bits per heavy atom. The number of aryl methyl sites for hydroxylation is 1. The van der Waals surface area contributed by atoms with Crippen LogP contribution in [-0.2, 0) is 6.42 Å². The van der Waals surface area contributed by atoms with Crippen molar-refractivity contribution in [1.82, 2.24) is 9.55 Å². The van der Waals surface area contributed by atoms with E-state index in [1.807, 2.05) is 36.4 Å². The summed E-state index contributed by atoms with van der Waals surface area (Å²) in [5.74, 6) is 0.961. The molecule has 0 saturated carbocycles. The molecule has 5 nitrogen and oxygen atoms in total. The smallest absolute Gasteiger partial charge is 0.307 e. The van der Waals surface area contributed by atoms with Gasteiger partial charge in [0.15, 0.2) is 5.58 Å². The van der Waals surface area contributed by atoms with Gasteiger partial charge >= 0.3 is 6.01 Å². The van der Waals surface area contributed by atoms with Crippen LogP contribution in [0.15, 0.2) is 116 Å². The molecular weight excluding hydrogens is 520 g/mol. The molecule has 0 N–H and O–H groups in total. The molecule has 0 spiro atoms. The maximum Gasteiger partial charge on any atom is 0.307 e. The molecule has 42 heavy (non-hydrogen) atoms. The Morgan fingerprint density at radius 2 is 1.48 bits per heavy atom. The van der Waals surface area contributed by atoms with Gasteiger partial charge in [-0.15, -0.1) is 0 Å². The normalized spacial score (nSPS) is 13.4. The van der Waals surface area contributed by atoms with Gasteiger partial charge in [0.1, 0.15) is 28.0 Å². The van der Waals surface area contributed by atoms with Crippen molar-refractivity contribution in [2.24, 2.45) is 0 Å². The van der Waals surface area contributed by atoms with Crippen LogP contribution in [0.1, 0.15) is 17.7 Å². The number of hydrogen-bond acceptors (Lipinski definition) is 4. The summed E-state index contributed by atoms with van der Waals surface area (Å²) in [4.78, 5) is 5.25. The maximum absolute atomic E-state index is 6.82. The second kappa shape index (κ2) is 8.02. The Morgan fingerprint density at radius 1 is 0.643 bits per heavy atom. The van der Waals surface area contributed by atoms with E-state index in [0.717, 1.165) is 95.5 Å². The predicted octanol–water partition coefficient (Wildman–Crippen LogP) is 10.2. The molecule has 0 amide bonds. The molecule has 10 rings (SSSR count). The third-order valence-electron chi connectivity index (χ3n) is 8.72. The van der Waals surface area contributed by atoms with Gasteiger partial charge in [-0.2, -0.15) is 4.98 Å². The second-order valence-electron chi connectivity index (χ2n) is 11.0. The fourth-order valence-electron chi connectivity index (χ4n) is 6.84. The zero-order chi connectivity index (χ0) is 27.4. The second-order valence-corrected chi connectivity index (χ2v) is 11.0. The van der Waals surface area contributed by atoms with E-state index in [4.69, 9.17) is 18.2 Å². The van der Waals surface area contributed by atoms with Crippen LogP contribution in [0.5, 0.6) is 0 Å². The summed E-state index contributed by atoms with van der Waals surface area (Å²) in [7, 11) is 0. The summed E-state index contributed by atoms with van der Waals surface area (Å²) in [6.07, 6.45) is 6.27. The summed E-state index contributed by atoms with van der Waals surface area (Å²) in [5, 5.41) is 5.38. The highest BCUT2D eigenvalue weighted by molar-refractivity contribution is 6.20. The molecule has 4 aromatic heterocycles. The van der Waals surface area contributed by atoms with E-state index < -0.39 is 0 Å². The molecular formula is C37H22N2O3. The third kappa shape index (κ3) is 2.89. The molecule has 4 heterocycles. The number of aromatic nitrogens is 2. The van der Waals surface area contributed by atoms with E-state index in [9.17, 15) is 0 Å². The zero-order valence-corrected chi connectivity index (χ0v) is 22.4. The number of fused-ring (bicyclic) bond motifs is 11. The molecule has 1 aliphatic rings. The van der Waals surface area contributed by atoms with E-state index in [-0.39, 0.29) is 0 Å². The molecule has 0 bridgehead atoms. The van der Waals surface area contributed by atoms with Crippen molar-refractivity contribution in [1.29, 1.82) is 0 Å². The molecule has 198 valence electrons. The largest absolute Gasteiger partial charge is 0.456 e. The van der Waals surface area contributed by atoms with Crippen LogP contribution in [0.25, 0.3) is 89.0 Å². The molecule has 5 heteroatoms. The summed E-state index contributed by atoms with van der Waals surface area (Å²) < 4.78 is 21.6. The molecule has 0 aliphatic heterocycles. The van der Waals surface area contributed by atoms with Crippen molar-refractivity contribution in [3.8, 4) is 17.1 Å². The lowest BCUT2D eigenvalue weighted by molar-refractivity contribution is 0.575. The van der Waals surface area contributed by atoms with Gasteiger partial charge in [0.25, 0.3) is 0 Å². The first-order valence-corrected chi connectivity index (χ1v) is 14.3. The highest BCUT2D eigenvalue weighted by Gasteiger charge is 2.24. The lowest BCUT2D eigenvalue weighted by atomic mass is 10.0. The SMILES string of the molecule is C1=Cc2oc3cc4c5ccccc5n(-c5nc6c(o5)c(-c5ccccc5)cc5oc7ccccc7c56)c4cc3c2CC1. The zero-order valence-electron chi connectivity index (χ0n) is 22.4. The van der Waals surface area contributed by atoms with Crippen molar-refractivity contribution in [2.45, 2.75) is 12.8 Å². The van der Waals surface area contributed by atoms with Crippen molar-refractivity contribution < 1.29 is 13.3 Å². The molecule has 5 aromatic carbocycles. The highest BCUT2D eigenvalue weighted by Crippen LogP contribution is 2.43. The van der Waals surface area contributed by atoms with E-state index in [0.29, 0.717) is 6.01 Å². The number of hydrogen-bond donors (Lipinski definition) is 0. The minimum atomic E-state index is 0.530. The van der Waals surface area contributed by atoms with Gasteiger partial charge in [-0.3, -0.25) is 4.57 Å². The standard InChI is InChI=1S/C37H22N2O3/c1-2-10-21(11-3-1)25-19-33-34(24-14-6-9-17-31(24)41-33)35-36(25)42-37(38-35)39-28-15-7-4-12-22(28)26-20-32-27(18-29(26)39)23-13-5-8-16-30(23)40-32/h1-4,6-12,14-20H,5,13H2. The van der Waals surface area contributed by atoms with Crippen molar-refractivity contribution >= 4 is 71.9 Å². The van der Waals surface area contributed by atoms with Gasteiger partial charge in [-0.1, -0.05) is 72.8 Å². The first-order valence-electron chi connectivity index (χ1n) is 14.3. The highest BCUT2D eigenvalue weighted by atomic mass is 16.4. The number of allylic oxidation sites excluding steroid dienone is 1. The quantitative estimate of drug-likeness (QED) is 0.218. The Labute approximate surface area is 238 Å². The van der Waals surface area contributed by atoms with E-state index in [1.54, 1.807) is 0 Å². The summed E-state index contributed by atoms with van der Waals surface area (Å²) in [6.45, 7) is 0. The topological polar surface area (TPSA) is 57.2 Å². The van der Waals surface area contributed by atoms with Crippen LogP contribution < -0.4 is 0 Å². The van der Waals surface area contributed by atoms with Crippen LogP contribution in [-0.4, -0.2) is 9.55 Å². The lowest BCUT2D eigenvalue weighted by Gasteiger charge is -2.04. The number of para-hydroxylation sites is 2. The fourth-order valence-corrected chi connectivity index (χ4v) is 6.84. The average Bonchev–Trinajstić information content (AvgIpc) is 3.79. The van der Waals surface area contributed by atoms with Crippen molar-refractivity contribution in [2.75, 3.05) is 0 Å². The Kier molecular flexibility index (Phi) is 4.23. The fraction of sp³-hybridized carbons (Fsp3) is 0.0541. The average molecular weight is 543 g/mol. The Bertz CT molecular complexity index is 2570. The van der Waals surface area contributed by atoms with Gasteiger partial charge in [0.2, 0.25) is 0 Å². The summed E-state index contributed by atoms with van der Waals surface area (Å²) in [6, 6.07) is 33.9. The third-order valence-corrected chi connectivity index (χ3v) is 8.72. The number of furan rings is 2. The van der Waals surface area contributed by atoms with Gasteiger partial charge in [-0.25, -0.2) is 0 Å².